The van der Waals surface area contributed by atoms with E-state index in [9.17, 15) is 19.2 Å². The second kappa shape index (κ2) is 14.9. The second-order valence-electron chi connectivity index (χ2n) is 11.4. The zero-order valence-corrected chi connectivity index (χ0v) is 25.2. The number of fused-ring (bicyclic) bond motifs is 1. The number of aryl methyl sites for hydroxylation is 1. The first-order valence-corrected chi connectivity index (χ1v) is 15.1. The molecule has 0 unspecified atom stereocenters. The summed E-state index contributed by atoms with van der Waals surface area (Å²) in [6.07, 6.45) is 4.05. The van der Waals surface area contributed by atoms with Gasteiger partial charge >= 0.3 is 0 Å². The molecule has 1 aliphatic rings. The van der Waals surface area contributed by atoms with Gasteiger partial charge in [-0.2, -0.15) is 0 Å². The van der Waals surface area contributed by atoms with Gasteiger partial charge in [0.15, 0.2) is 0 Å². The van der Waals surface area contributed by atoms with Crippen molar-refractivity contribution in [2.75, 3.05) is 5.32 Å². The van der Waals surface area contributed by atoms with Crippen LogP contribution in [0, 0.1) is 6.92 Å². The second-order valence-corrected chi connectivity index (χ2v) is 11.4. The van der Waals surface area contributed by atoms with E-state index in [0.717, 1.165) is 22.3 Å². The van der Waals surface area contributed by atoms with Crippen LogP contribution in [0.5, 0.6) is 0 Å². The number of rotatable bonds is 6. The quantitative estimate of drug-likeness (QED) is 0.268. The van der Waals surface area contributed by atoms with E-state index in [2.05, 4.69) is 26.3 Å². The molecule has 5 rings (SSSR count). The molecular weight excluding hydrogens is 566 g/mol. The van der Waals surface area contributed by atoms with Crippen LogP contribution in [0.25, 0.3) is 0 Å². The van der Waals surface area contributed by atoms with Crippen LogP contribution in [0.2, 0.25) is 0 Å². The fourth-order valence-electron chi connectivity index (χ4n) is 5.52. The Hall–Kier alpha value is -5.31. The number of pyridine rings is 1. The Balaban J connectivity index is 1.50. The van der Waals surface area contributed by atoms with Gasteiger partial charge < -0.3 is 21.3 Å². The standard InChI is InChI=1S/C36H37N5O4/c1-24-10-5-6-14-27(24)20-32-36(45)41-31(19-26-13-9-17-37-23-26)35(44)38-29(18-25-11-3-2-4-12-25)22-34(43)39-30-16-8-7-15-28(30)21-33(42)40-32/h2-17,23,29,31-32H,18-22H2,1H3,(H,38,44)(H,39,43)(H,40,42)(H,41,45)/t29-,31-,32-/m0/s1. The number of hydrogen-bond donors (Lipinski definition) is 4. The van der Waals surface area contributed by atoms with Crippen LogP contribution in [0.4, 0.5) is 5.69 Å². The molecule has 0 saturated carbocycles. The highest BCUT2D eigenvalue weighted by Crippen LogP contribution is 2.18. The lowest BCUT2D eigenvalue weighted by Gasteiger charge is -2.26. The normalized spacial score (nSPS) is 19.5. The number of nitrogens with zero attached hydrogens (tertiary/aromatic N) is 1. The van der Waals surface area contributed by atoms with Crippen molar-refractivity contribution < 1.29 is 19.2 Å². The van der Waals surface area contributed by atoms with Gasteiger partial charge in [0.2, 0.25) is 23.6 Å². The molecule has 4 amide bonds. The van der Waals surface area contributed by atoms with Crippen molar-refractivity contribution in [1.29, 1.82) is 0 Å². The lowest BCUT2D eigenvalue weighted by Crippen LogP contribution is -2.56. The third kappa shape index (κ3) is 8.86. The summed E-state index contributed by atoms with van der Waals surface area (Å²) < 4.78 is 0. The molecule has 0 spiro atoms. The van der Waals surface area contributed by atoms with Crippen molar-refractivity contribution in [3.05, 3.63) is 131 Å². The minimum atomic E-state index is -0.985. The molecule has 230 valence electrons. The first-order valence-electron chi connectivity index (χ1n) is 15.1. The number of carbonyl (C=O) groups excluding carboxylic acids is 4. The Kier molecular flexibility index (Phi) is 10.3. The van der Waals surface area contributed by atoms with Crippen LogP contribution in [-0.2, 0) is 44.9 Å². The maximum absolute atomic E-state index is 13.9. The smallest absolute Gasteiger partial charge is 0.243 e. The van der Waals surface area contributed by atoms with Crippen LogP contribution in [0.15, 0.2) is 103 Å². The largest absolute Gasteiger partial charge is 0.351 e. The Morgan fingerprint density at radius 1 is 0.667 bits per heavy atom. The molecule has 45 heavy (non-hydrogen) atoms. The number of anilines is 1. The maximum atomic E-state index is 13.9. The summed E-state index contributed by atoms with van der Waals surface area (Å²) in [5.74, 6) is -1.59. The van der Waals surface area contributed by atoms with E-state index >= 15 is 0 Å². The molecule has 1 aromatic heterocycles. The molecule has 0 radical (unpaired) electrons. The first-order chi connectivity index (χ1) is 21.8. The van der Waals surface area contributed by atoms with Gasteiger partial charge in [-0.3, -0.25) is 24.2 Å². The van der Waals surface area contributed by atoms with Crippen molar-refractivity contribution >= 4 is 29.3 Å². The average molecular weight is 604 g/mol. The molecule has 0 bridgehead atoms. The number of para-hydroxylation sites is 1. The summed E-state index contributed by atoms with van der Waals surface area (Å²) in [6, 6.07) is 25.5. The molecule has 9 nitrogen and oxygen atoms in total. The predicted octanol–water partition coefficient (Wildman–Crippen LogP) is 3.46. The van der Waals surface area contributed by atoms with Crippen molar-refractivity contribution in [2.45, 2.75) is 57.2 Å². The highest BCUT2D eigenvalue weighted by Gasteiger charge is 2.30. The summed E-state index contributed by atoms with van der Waals surface area (Å²) in [6.45, 7) is 1.95. The molecule has 3 aromatic carbocycles. The van der Waals surface area contributed by atoms with E-state index in [4.69, 9.17) is 0 Å². The lowest BCUT2D eigenvalue weighted by molar-refractivity contribution is -0.132. The van der Waals surface area contributed by atoms with Gasteiger partial charge in [0.25, 0.3) is 0 Å². The van der Waals surface area contributed by atoms with E-state index in [0.29, 0.717) is 17.7 Å². The Labute approximate surface area is 262 Å². The van der Waals surface area contributed by atoms with Gasteiger partial charge in [-0.05, 0) is 53.3 Å². The van der Waals surface area contributed by atoms with Gasteiger partial charge in [-0.15, -0.1) is 0 Å². The number of amides is 4. The summed E-state index contributed by atoms with van der Waals surface area (Å²) in [5.41, 5.74) is 4.72. The topological polar surface area (TPSA) is 129 Å². The third-order valence-electron chi connectivity index (χ3n) is 7.88. The van der Waals surface area contributed by atoms with Gasteiger partial charge in [-0.1, -0.05) is 78.9 Å². The van der Waals surface area contributed by atoms with Crippen molar-refractivity contribution in [3.8, 4) is 0 Å². The van der Waals surface area contributed by atoms with Crippen molar-refractivity contribution in [1.82, 2.24) is 20.9 Å². The van der Waals surface area contributed by atoms with Gasteiger partial charge in [0.1, 0.15) is 12.1 Å². The molecule has 4 aromatic rings. The minimum Gasteiger partial charge on any atom is -0.351 e. The molecule has 0 fully saturated rings. The highest BCUT2D eigenvalue weighted by atomic mass is 16.2. The average Bonchev–Trinajstić information content (AvgIpc) is 3.03. The van der Waals surface area contributed by atoms with E-state index in [1.807, 2.05) is 67.6 Å². The first kappa shape index (κ1) is 31.1. The van der Waals surface area contributed by atoms with Crippen LogP contribution in [-0.4, -0.2) is 46.7 Å². The van der Waals surface area contributed by atoms with Crippen molar-refractivity contribution in [3.63, 3.8) is 0 Å². The zero-order chi connectivity index (χ0) is 31.6. The number of aromatic nitrogens is 1. The molecular formula is C36H37N5O4. The third-order valence-corrected chi connectivity index (χ3v) is 7.88. The molecule has 0 saturated heterocycles. The number of nitrogens with one attached hydrogen (secondary N) is 4. The van der Waals surface area contributed by atoms with Gasteiger partial charge in [-0.25, -0.2) is 0 Å². The Bertz CT molecular complexity index is 1640. The van der Waals surface area contributed by atoms with Gasteiger partial charge in [0.05, 0.1) is 6.42 Å². The summed E-state index contributed by atoms with van der Waals surface area (Å²) >= 11 is 0. The van der Waals surface area contributed by atoms with Crippen LogP contribution in [0.3, 0.4) is 0 Å². The Morgan fingerprint density at radius 3 is 2.13 bits per heavy atom. The fourth-order valence-corrected chi connectivity index (χ4v) is 5.52. The Morgan fingerprint density at radius 2 is 1.36 bits per heavy atom. The summed E-state index contributed by atoms with van der Waals surface area (Å²) in [4.78, 5) is 58.8. The number of hydrogen-bond acceptors (Lipinski definition) is 5. The molecule has 0 aliphatic carbocycles. The van der Waals surface area contributed by atoms with E-state index in [-0.39, 0.29) is 37.5 Å². The van der Waals surface area contributed by atoms with Crippen molar-refractivity contribution in [2.24, 2.45) is 0 Å². The van der Waals surface area contributed by atoms with Crippen LogP contribution in [0.1, 0.15) is 34.2 Å². The molecule has 1 aliphatic heterocycles. The van der Waals surface area contributed by atoms with Crippen LogP contribution >= 0.6 is 0 Å². The number of carbonyl (C=O) groups is 4. The molecule has 4 N–H and O–H groups in total. The van der Waals surface area contributed by atoms with E-state index in [1.165, 1.54) is 0 Å². The van der Waals surface area contributed by atoms with Crippen LogP contribution < -0.4 is 21.3 Å². The molecule has 9 heteroatoms. The summed E-state index contributed by atoms with van der Waals surface area (Å²) in [7, 11) is 0. The summed E-state index contributed by atoms with van der Waals surface area (Å²) in [5, 5.41) is 11.8. The van der Waals surface area contributed by atoms with E-state index < -0.39 is 29.9 Å². The fraction of sp³-hybridized carbons (Fsp3) is 0.250. The highest BCUT2D eigenvalue weighted by molar-refractivity contribution is 5.96. The monoisotopic (exact) mass is 603 g/mol. The van der Waals surface area contributed by atoms with E-state index in [1.54, 1.807) is 42.7 Å². The van der Waals surface area contributed by atoms with Gasteiger partial charge in [0, 0.05) is 43.4 Å². The lowest BCUT2D eigenvalue weighted by atomic mass is 9.99. The molecule has 2 heterocycles. The molecule has 3 atom stereocenters. The minimum absolute atomic E-state index is 0.00929. The number of benzene rings is 3. The maximum Gasteiger partial charge on any atom is 0.243 e. The zero-order valence-electron chi connectivity index (χ0n) is 25.2. The SMILES string of the molecule is Cc1ccccc1C[C@@H]1NC(=O)Cc2ccccc2NC(=O)C[C@H](Cc2ccccc2)NC(=O)[C@H](Cc2cccnc2)NC1=O. The predicted molar refractivity (Wildman–Crippen MR) is 172 cm³/mol.